The number of aliphatic imine (C=N–C) groups is 1. The first-order valence-electron chi connectivity index (χ1n) is 5.25. The van der Waals surface area contributed by atoms with Crippen molar-refractivity contribution in [1.82, 2.24) is 5.32 Å². The van der Waals surface area contributed by atoms with Crippen LogP contribution in [-0.4, -0.2) is 5.84 Å². The summed E-state index contributed by atoms with van der Waals surface area (Å²) in [5.41, 5.74) is 0.963. The summed E-state index contributed by atoms with van der Waals surface area (Å²) in [4.78, 5) is 4.41. The molecule has 1 rings (SSSR count). The van der Waals surface area contributed by atoms with E-state index in [0.717, 1.165) is 5.56 Å². The summed E-state index contributed by atoms with van der Waals surface area (Å²) in [6.07, 6.45) is 2.55. The zero-order valence-corrected chi connectivity index (χ0v) is 11.2. The first-order chi connectivity index (χ1) is 8.08. The molecule has 90 valence electrons. The maximum Gasteiger partial charge on any atom is 0.182 e. The smallest absolute Gasteiger partial charge is 0.182 e. The number of hydrogen-bond donors (Lipinski definition) is 1. The van der Waals surface area contributed by atoms with Crippen LogP contribution in [0.15, 0.2) is 23.2 Å². The predicted octanol–water partition coefficient (Wildman–Crippen LogP) is 3.93. The zero-order valence-electron chi connectivity index (χ0n) is 9.67. The molecule has 17 heavy (non-hydrogen) atoms. The van der Waals surface area contributed by atoms with Crippen LogP contribution in [0.3, 0.4) is 0 Å². The highest BCUT2D eigenvalue weighted by Crippen LogP contribution is 2.27. The van der Waals surface area contributed by atoms with Crippen LogP contribution in [-0.2, 0) is 0 Å². The number of hydrogen-bond acceptors (Lipinski definition) is 2. The molecule has 1 aromatic rings. The molecule has 1 atom stereocenters. The number of benzene rings is 1. The first-order valence-corrected chi connectivity index (χ1v) is 6.00. The fraction of sp³-hybridized carbons (Fsp3) is 0.333. The molecule has 0 radical (unpaired) electrons. The minimum atomic E-state index is -0.0689. The second-order valence-corrected chi connectivity index (χ2v) is 4.33. The normalized spacial score (nSPS) is 13.0. The molecule has 1 aromatic carbocycles. The van der Waals surface area contributed by atoms with Crippen molar-refractivity contribution in [3.63, 3.8) is 0 Å². The Kier molecular flexibility index (Phi) is 5.27. The van der Waals surface area contributed by atoms with Gasteiger partial charge in [0, 0.05) is 6.42 Å². The van der Waals surface area contributed by atoms with Gasteiger partial charge in [-0.3, -0.25) is 10.3 Å². The highest BCUT2D eigenvalue weighted by Gasteiger charge is 2.07. The van der Waals surface area contributed by atoms with Gasteiger partial charge in [0.1, 0.15) is 5.84 Å². The molecule has 5 heteroatoms. The van der Waals surface area contributed by atoms with Crippen molar-refractivity contribution < 1.29 is 0 Å². The third-order valence-electron chi connectivity index (χ3n) is 2.31. The Morgan fingerprint density at radius 1 is 1.47 bits per heavy atom. The Bertz CT molecular complexity index is 463. The zero-order chi connectivity index (χ0) is 12.8. The average Bonchev–Trinajstić information content (AvgIpc) is 2.31. The monoisotopic (exact) mass is 269 g/mol. The summed E-state index contributed by atoms with van der Waals surface area (Å²) < 4.78 is 0. The van der Waals surface area contributed by atoms with E-state index < -0.39 is 0 Å². The molecule has 0 aromatic heterocycles. The van der Waals surface area contributed by atoms with Crippen LogP contribution in [0.2, 0.25) is 10.0 Å². The summed E-state index contributed by atoms with van der Waals surface area (Å²) in [6.45, 7) is 3.87. The van der Waals surface area contributed by atoms with Gasteiger partial charge in [0.2, 0.25) is 0 Å². The lowest BCUT2D eigenvalue weighted by Crippen LogP contribution is -2.17. The Morgan fingerprint density at radius 3 is 2.71 bits per heavy atom. The minimum absolute atomic E-state index is 0.0689. The van der Waals surface area contributed by atoms with E-state index in [4.69, 9.17) is 28.5 Å². The van der Waals surface area contributed by atoms with Gasteiger partial charge >= 0.3 is 0 Å². The van der Waals surface area contributed by atoms with Crippen LogP contribution in [0, 0.1) is 11.5 Å². The summed E-state index contributed by atoms with van der Waals surface area (Å²) in [5.74, 6) is 0.658. The molecule has 0 aliphatic heterocycles. The van der Waals surface area contributed by atoms with Gasteiger partial charge in [0.25, 0.3) is 0 Å². The standard InChI is InChI=1S/C12H13Cl2N3/c1-3-12(16-7-15)17-8(2)9-4-5-10(13)11(14)6-9/h4-6,8H,3H2,1-2H3,(H,16,17). The molecule has 0 bridgehead atoms. The van der Waals surface area contributed by atoms with E-state index in [0.29, 0.717) is 22.3 Å². The Morgan fingerprint density at radius 2 is 2.18 bits per heavy atom. The molecule has 0 heterocycles. The summed E-state index contributed by atoms with van der Waals surface area (Å²) in [5, 5.41) is 12.1. The van der Waals surface area contributed by atoms with E-state index in [1.54, 1.807) is 12.1 Å². The van der Waals surface area contributed by atoms with Crippen molar-refractivity contribution in [2.24, 2.45) is 4.99 Å². The molecule has 0 aliphatic rings. The second-order valence-electron chi connectivity index (χ2n) is 3.52. The minimum Gasteiger partial charge on any atom is -0.281 e. The van der Waals surface area contributed by atoms with E-state index in [-0.39, 0.29) is 6.04 Å². The predicted molar refractivity (Wildman–Crippen MR) is 71.4 cm³/mol. The van der Waals surface area contributed by atoms with Gasteiger partial charge in [-0.2, -0.15) is 5.26 Å². The van der Waals surface area contributed by atoms with Crippen LogP contribution in [0.1, 0.15) is 31.9 Å². The number of nitrogens with zero attached hydrogens (tertiary/aromatic N) is 2. The molecule has 0 spiro atoms. The van der Waals surface area contributed by atoms with E-state index in [2.05, 4.69) is 10.3 Å². The Hall–Kier alpha value is -1.24. The van der Waals surface area contributed by atoms with Gasteiger partial charge in [0.05, 0.1) is 16.1 Å². The van der Waals surface area contributed by atoms with Crippen LogP contribution in [0.4, 0.5) is 0 Å². The van der Waals surface area contributed by atoms with Gasteiger partial charge in [-0.1, -0.05) is 36.2 Å². The SMILES string of the molecule is CCC(=NC(C)c1ccc(Cl)c(Cl)c1)NC#N. The average molecular weight is 270 g/mol. The van der Waals surface area contributed by atoms with E-state index in [9.17, 15) is 0 Å². The second kappa shape index (κ2) is 6.48. The van der Waals surface area contributed by atoms with Crippen molar-refractivity contribution >= 4 is 29.0 Å². The van der Waals surface area contributed by atoms with Gasteiger partial charge in [-0.15, -0.1) is 0 Å². The van der Waals surface area contributed by atoms with Gasteiger partial charge < -0.3 is 0 Å². The molecule has 0 saturated carbocycles. The molecule has 0 amide bonds. The molecular formula is C12H13Cl2N3. The Labute approximate surface area is 111 Å². The molecule has 3 nitrogen and oxygen atoms in total. The number of rotatable bonds is 3. The quantitative estimate of drug-likeness (QED) is 0.391. The molecule has 0 fully saturated rings. The van der Waals surface area contributed by atoms with Crippen molar-refractivity contribution in [3.05, 3.63) is 33.8 Å². The van der Waals surface area contributed by atoms with Gasteiger partial charge in [-0.25, -0.2) is 0 Å². The van der Waals surface area contributed by atoms with Crippen LogP contribution < -0.4 is 5.32 Å². The number of nitriles is 1. The van der Waals surface area contributed by atoms with Crippen LogP contribution in [0.5, 0.6) is 0 Å². The maximum absolute atomic E-state index is 8.55. The Balaban J connectivity index is 2.92. The van der Waals surface area contributed by atoms with Crippen molar-refractivity contribution in [3.8, 4) is 6.19 Å². The lowest BCUT2D eigenvalue weighted by molar-refractivity contribution is 0.807. The highest BCUT2D eigenvalue weighted by atomic mass is 35.5. The lowest BCUT2D eigenvalue weighted by Gasteiger charge is -2.10. The van der Waals surface area contributed by atoms with Gasteiger partial charge in [-0.05, 0) is 24.6 Å². The number of halogens is 2. The summed E-state index contributed by atoms with van der Waals surface area (Å²) in [7, 11) is 0. The molecule has 1 unspecified atom stereocenters. The topological polar surface area (TPSA) is 48.2 Å². The molecule has 0 aliphatic carbocycles. The highest BCUT2D eigenvalue weighted by molar-refractivity contribution is 6.42. The van der Waals surface area contributed by atoms with Crippen molar-refractivity contribution in [2.75, 3.05) is 0 Å². The number of amidine groups is 1. The fourth-order valence-electron chi connectivity index (χ4n) is 1.36. The van der Waals surface area contributed by atoms with Crippen molar-refractivity contribution in [1.29, 1.82) is 5.26 Å². The van der Waals surface area contributed by atoms with Crippen molar-refractivity contribution in [2.45, 2.75) is 26.3 Å². The van der Waals surface area contributed by atoms with E-state index in [1.807, 2.05) is 26.1 Å². The van der Waals surface area contributed by atoms with Gasteiger partial charge in [0.15, 0.2) is 6.19 Å². The first kappa shape index (κ1) is 13.8. The summed E-state index contributed by atoms with van der Waals surface area (Å²) >= 11 is 11.8. The summed E-state index contributed by atoms with van der Waals surface area (Å²) in [6, 6.07) is 5.34. The lowest BCUT2D eigenvalue weighted by atomic mass is 10.1. The number of nitrogens with one attached hydrogen (secondary N) is 1. The van der Waals surface area contributed by atoms with E-state index in [1.165, 1.54) is 0 Å². The fourth-order valence-corrected chi connectivity index (χ4v) is 1.66. The molecular weight excluding hydrogens is 257 g/mol. The van der Waals surface area contributed by atoms with E-state index >= 15 is 0 Å². The maximum atomic E-state index is 8.55. The third-order valence-corrected chi connectivity index (χ3v) is 3.05. The third kappa shape index (κ3) is 3.92. The molecule has 0 saturated heterocycles. The molecule has 1 N–H and O–H groups in total. The largest absolute Gasteiger partial charge is 0.281 e. The van der Waals surface area contributed by atoms with Crippen LogP contribution in [0.25, 0.3) is 0 Å². The van der Waals surface area contributed by atoms with Crippen LogP contribution >= 0.6 is 23.2 Å².